The number of carbonyl (C=O) groups excluding carboxylic acids is 2. The lowest BCUT2D eigenvalue weighted by Crippen LogP contribution is -2.30. The number of nitrogens with one attached hydrogen (secondary N) is 1. The molecule has 0 saturated carbocycles. The van der Waals surface area contributed by atoms with Crippen LogP contribution in [0.1, 0.15) is 17.3 Å². The topological polar surface area (TPSA) is 103 Å². The van der Waals surface area contributed by atoms with Crippen molar-refractivity contribution in [3.05, 3.63) is 76.6 Å². The number of aromatic nitrogens is 3. The van der Waals surface area contributed by atoms with Crippen LogP contribution in [-0.4, -0.2) is 33.5 Å². The lowest BCUT2D eigenvalue weighted by atomic mass is 10.2. The first-order valence-corrected chi connectivity index (χ1v) is 10.4. The van der Waals surface area contributed by atoms with Crippen molar-refractivity contribution >= 4 is 39.1 Å². The van der Waals surface area contributed by atoms with Gasteiger partial charge in [0, 0.05) is 4.88 Å². The molecule has 156 valence electrons. The Morgan fingerprint density at radius 1 is 1.10 bits per heavy atom. The maximum atomic E-state index is 12.8. The van der Waals surface area contributed by atoms with Crippen LogP contribution in [0.5, 0.6) is 0 Å². The summed E-state index contributed by atoms with van der Waals surface area (Å²) in [6.07, 6.45) is 0. The second-order valence-corrected chi connectivity index (χ2v) is 7.59. The van der Waals surface area contributed by atoms with Gasteiger partial charge >= 0.3 is 5.97 Å². The van der Waals surface area contributed by atoms with Gasteiger partial charge in [0.15, 0.2) is 4.83 Å². The van der Waals surface area contributed by atoms with Gasteiger partial charge in [0.05, 0.1) is 23.2 Å². The molecule has 31 heavy (non-hydrogen) atoms. The molecule has 0 aliphatic heterocycles. The van der Waals surface area contributed by atoms with Crippen LogP contribution in [0.4, 0.5) is 5.69 Å². The largest absolute Gasteiger partial charge is 0.462 e. The number of anilines is 1. The second-order valence-electron chi connectivity index (χ2n) is 6.56. The summed E-state index contributed by atoms with van der Waals surface area (Å²) in [5.41, 5.74) is 1.11. The van der Waals surface area contributed by atoms with Crippen LogP contribution in [0.3, 0.4) is 0 Å². The molecule has 0 radical (unpaired) electrons. The van der Waals surface area contributed by atoms with E-state index in [2.05, 4.69) is 15.6 Å². The summed E-state index contributed by atoms with van der Waals surface area (Å²) in [5, 5.41) is 11.0. The summed E-state index contributed by atoms with van der Waals surface area (Å²) in [6.45, 7) is 1.58. The first-order chi connectivity index (χ1) is 15.1. The Bertz CT molecular complexity index is 1310. The van der Waals surface area contributed by atoms with Crippen LogP contribution in [-0.2, 0) is 16.1 Å². The van der Waals surface area contributed by atoms with E-state index in [0.29, 0.717) is 15.9 Å². The monoisotopic (exact) mass is 434 g/mol. The standard InChI is InChI=1S/C22H18N4O4S/c1-2-30-22(29)15-10-6-7-11-17(15)23-19(27)13-26-21(28)16-12-18(31-20(16)24-25-26)14-8-4-3-5-9-14/h3-12H,2,13H2,1H3,(H,23,27). The molecule has 1 amide bonds. The Hall–Kier alpha value is -3.85. The van der Waals surface area contributed by atoms with Crippen molar-refractivity contribution in [3.8, 4) is 10.4 Å². The molecule has 0 bridgehead atoms. The van der Waals surface area contributed by atoms with E-state index < -0.39 is 17.4 Å². The van der Waals surface area contributed by atoms with E-state index in [0.717, 1.165) is 15.1 Å². The molecule has 0 saturated heterocycles. The first kappa shape index (κ1) is 20.4. The molecule has 1 N–H and O–H groups in total. The predicted octanol–water partition coefficient (Wildman–Crippen LogP) is 3.34. The molecule has 0 atom stereocenters. The zero-order valence-corrected chi connectivity index (χ0v) is 17.4. The van der Waals surface area contributed by atoms with E-state index in [9.17, 15) is 14.4 Å². The third kappa shape index (κ3) is 4.36. The molecule has 9 heteroatoms. The minimum atomic E-state index is -0.538. The van der Waals surface area contributed by atoms with Crippen LogP contribution < -0.4 is 10.9 Å². The summed E-state index contributed by atoms with van der Waals surface area (Å²) in [4.78, 5) is 38.9. The van der Waals surface area contributed by atoms with Crippen molar-refractivity contribution in [2.24, 2.45) is 0 Å². The van der Waals surface area contributed by atoms with Gasteiger partial charge in [-0.25, -0.2) is 9.48 Å². The van der Waals surface area contributed by atoms with Gasteiger partial charge in [-0.3, -0.25) is 9.59 Å². The van der Waals surface area contributed by atoms with Crippen molar-refractivity contribution in [2.45, 2.75) is 13.5 Å². The van der Waals surface area contributed by atoms with Crippen LogP contribution in [0.15, 0.2) is 65.5 Å². The summed E-state index contributed by atoms with van der Waals surface area (Å²) in [6, 6.07) is 17.9. The van der Waals surface area contributed by atoms with Gasteiger partial charge in [-0.05, 0) is 30.7 Å². The number of carbonyl (C=O) groups is 2. The third-order valence-electron chi connectivity index (χ3n) is 4.47. The predicted molar refractivity (Wildman–Crippen MR) is 118 cm³/mol. The maximum Gasteiger partial charge on any atom is 0.340 e. The number of hydrogen-bond donors (Lipinski definition) is 1. The summed E-state index contributed by atoms with van der Waals surface area (Å²) in [7, 11) is 0. The SMILES string of the molecule is CCOC(=O)c1ccccc1NC(=O)Cn1nnc2sc(-c3ccccc3)cc2c1=O. The molecule has 0 aliphatic carbocycles. The highest BCUT2D eigenvalue weighted by Crippen LogP contribution is 2.30. The van der Waals surface area contributed by atoms with E-state index >= 15 is 0 Å². The maximum absolute atomic E-state index is 12.8. The number of amides is 1. The number of nitrogens with zero attached hydrogens (tertiary/aromatic N) is 3. The Morgan fingerprint density at radius 3 is 2.61 bits per heavy atom. The van der Waals surface area contributed by atoms with Gasteiger partial charge in [0.2, 0.25) is 5.91 Å². The van der Waals surface area contributed by atoms with Crippen LogP contribution in [0, 0.1) is 0 Å². The molecule has 0 unspecified atom stereocenters. The quantitative estimate of drug-likeness (QED) is 0.467. The van der Waals surface area contributed by atoms with E-state index in [4.69, 9.17) is 4.74 Å². The molecular formula is C22H18N4O4S. The minimum absolute atomic E-state index is 0.220. The number of hydrogen-bond acceptors (Lipinski definition) is 7. The lowest BCUT2D eigenvalue weighted by Gasteiger charge is -2.10. The van der Waals surface area contributed by atoms with Crippen LogP contribution >= 0.6 is 11.3 Å². The van der Waals surface area contributed by atoms with Gasteiger partial charge in [0.1, 0.15) is 6.54 Å². The van der Waals surface area contributed by atoms with Crippen molar-refractivity contribution in [2.75, 3.05) is 11.9 Å². The summed E-state index contributed by atoms with van der Waals surface area (Å²) < 4.78 is 6.01. The molecule has 8 nitrogen and oxygen atoms in total. The highest BCUT2D eigenvalue weighted by Gasteiger charge is 2.16. The Kier molecular flexibility index (Phi) is 5.85. The second kappa shape index (κ2) is 8.88. The van der Waals surface area contributed by atoms with Gasteiger partial charge in [-0.1, -0.05) is 47.7 Å². The normalized spacial score (nSPS) is 10.7. The smallest absolute Gasteiger partial charge is 0.340 e. The Balaban J connectivity index is 1.57. The van der Waals surface area contributed by atoms with Gasteiger partial charge in [0.25, 0.3) is 5.56 Å². The number of rotatable bonds is 6. The fourth-order valence-corrected chi connectivity index (χ4v) is 4.01. The summed E-state index contributed by atoms with van der Waals surface area (Å²) >= 11 is 1.37. The molecule has 4 aromatic rings. The molecule has 2 aromatic carbocycles. The number of thiophene rings is 1. The Morgan fingerprint density at radius 2 is 1.84 bits per heavy atom. The lowest BCUT2D eigenvalue weighted by molar-refractivity contribution is -0.117. The van der Waals surface area contributed by atoms with Gasteiger partial charge in [-0.2, -0.15) is 0 Å². The Labute approximate surface area is 181 Å². The first-order valence-electron chi connectivity index (χ1n) is 9.55. The minimum Gasteiger partial charge on any atom is -0.462 e. The zero-order chi connectivity index (χ0) is 21.8. The van der Waals surface area contributed by atoms with E-state index in [1.807, 2.05) is 30.3 Å². The molecule has 2 heterocycles. The van der Waals surface area contributed by atoms with Crippen molar-refractivity contribution in [3.63, 3.8) is 0 Å². The molecule has 0 aliphatic rings. The molecule has 4 rings (SSSR count). The number of fused-ring (bicyclic) bond motifs is 1. The van der Waals surface area contributed by atoms with Crippen molar-refractivity contribution < 1.29 is 14.3 Å². The van der Waals surface area contributed by atoms with Crippen molar-refractivity contribution in [1.29, 1.82) is 0 Å². The van der Waals surface area contributed by atoms with Crippen LogP contribution in [0.25, 0.3) is 20.7 Å². The average Bonchev–Trinajstić information content (AvgIpc) is 3.22. The fraction of sp³-hybridized carbons (Fsp3) is 0.136. The van der Waals surface area contributed by atoms with Gasteiger partial charge < -0.3 is 10.1 Å². The highest BCUT2D eigenvalue weighted by molar-refractivity contribution is 7.21. The highest BCUT2D eigenvalue weighted by atomic mass is 32.1. The number of ether oxygens (including phenoxy) is 1. The fourth-order valence-electron chi connectivity index (χ4n) is 3.04. The number of para-hydroxylation sites is 1. The third-order valence-corrected chi connectivity index (χ3v) is 5.54. The average molecular weight is 434 g/mol. The molecule has 0 spiro atoms. The van der Waals surface area contributed by atoms with E-state index in [-0.39, 0.29) is 18.7 Å². The molecule has 0 fully saturated rings. The van der Waals surface area contributed by atoms with Crippen molar-refractivity contribution in [1.82, 2.24) is 15.0 Å². The van der Waals surface area contributed by atoms with Crippen LogP contribution in [0.2, 0.25) is 0 Å². The molecular weight excluding hydrogens is 416 g/mol. The number of esters is 1. The summed E-state index contributed by atoms with van der Waals surface area (Å²) in [5.74, 6) is -1.05. The van der Waals surface area contributed by atoms with E-state index in [1.165, 1.54) is 11.3 Å². The number of benzene rings is 2. The molecule has 2 aromatic heterocycles. The van der Waals surface area contributed by atoms with E-state index in [1.54, 1.807) is 37.3 Å². The van der Waals surface area contributed by atoms with Gasteiger partial charge in [-0.15, -0.1) is 16.4 Å². The zero-order valence-electron chi connectivity index (χ0n) is 16.6.